The molecule has 130 valence electrons. The van der Waals surface area contributed by atoms with Crippen LogP contribution in [0.4, 0.5) is 0 Å². The third-order valence-corrected chi connectivity index (χ3v) is 8.36. The molecule has 0 saturated carbocycles. The van der Waals surface area contributed by atoms with E-state index >= 15 is 0 Å². The molecule has 0 aliphatic carbocycles. The minimum absolute atomic E-state index is 0.0638. The molecule has 0 bridgehead atoms. The van der Waals surface area contributed by atoms with E-state index in [4.69, 9.17) is 43.9 Å². The van der Waals surface area contributed by atoms with Crippen molar-refractivity contribution in [2.75, 3.05) is 0 Å². The molecule has 2 rings (SSSR count). The van der Waals surface area contributed by atoms with E-state index in [1.165, 1.54) is 24.3 Å². The van der Waals surface area contributed by atoms with Crippen LogP contribution in [0.15, 0.2) is 35.2 Å². The van der Waals surface area contributed by atoms with Gasteiger partial charge in [-0.2, -0.15) is 4.72 Å². The smallest absolute Gasteiger partial charge is 0.302 e. The number of sulfonamides is 1. The first-order chi connectivity index (χ1) is 10.5. The van der Waals surface area contributed by atoms with Crippen LogP contribution in [0.25, 0.3) is 0 Å². The summed E-state index contributed by atoms with van der Waals surface area (Å²) < 4.78 is 48.2. The van der Waals surface area contributed by atoms with Crippen LogP contribution in [0, 0.1) is 0 Å². The van der Waals surface area contributed by atoms with Crippen molar-refractivity contribution in [2.45, 2.75) is 40.5 Å². The van der Waals surface area contributed by atoms with E-state index in [1.807, 2.05) is 0 Å². The first kappa shape index (κ1) is 19.5. The Bertz CT molecular complexity index is 695. The molecule has 1 N–H and O–H groups in total. The first-order valence-corrected chi connectivity index (χ1v) is 10.8. The number of rotatable bonds is 4. The highest BCUT2D eigenvalue weighted by Crippen LogP contribution is 2.64. The maximum atomic E-state index is 12.9. The molecule has 1 fully saturated rings. The summed E-state index contributed by atoms with van der Waals surface area (Å²) >= 11 is 17.5. The minimum atomic E-state index is -4.09. The van der Waals surface area contributed by atoms with Crippen molar-refractivity contribution in [3.05, 3.63) is 30.3 Å². The van der Waals surface area contributed by atoms with Crippen molar-refractivity contribution in [2.24, 2.45) is 0 Å². The van der Waals surface area contributed by atoms with Gasteiger partial charge in [0.2, 0.25) is 13.8 Å². The van der Waals surface area contributed by atoms with Crippen molar-refractivity contribution in [1.29, 1.82) is 0 Å². The lowest BCUT2D eigenvalue weighted by molar-refractivity contribution is 0.187. The zero-order valence-electron chi connectivity index (χ0n) is 12.1. The molecular weight excluding hydrogens is 408 g/mol. The number of halogens is 3. The molecule has 1 aromatic rings. The standard InChI is InChI=1S/C12H15Cl3NO5PS/c1-8-9(2)21-22(17,20-8)11(12(13,14)15)16-23(18,19)10-6-4-3-5-7-10/h3-9,11,16H,1-2H3/t8-,9-,11-/m1/s1. The van der Waals surface area contributed by atoms with Gasteiger partial charge in [-0.1, -0.05) is 53.0 Å². The van der Waals surface area contributed by atoms with Gasteiger partial charge in [-0.3, -0.25) is 4.57 Å². The third kappa shape index (κ3) is 4.41. The Balaban J connectivity index is 2.37. The largest absolute Gasteiger partial charge is 0.353 e. The topological polar surface area (TPSA) is 81.7 Å². The van der Waals surface area contributed by atoms with Gasteiger partial charge in [0.25, 0.3) is 0 Å². The van der Waals surface area contributed by atoms with Crippen LogP contribution in [-0.2, 0) is 23.6 Å². The predicted molar refractivity (Wildman–Crippen MR) is 89.5 cm³/mol. The zero-order valence-corrected chi connectivity index (χ0v) is 16.1. The van der Waals surface area contributed by atoms with E-state index < -0.39 is 39.4 Å². The highest BCUT2D eigenvalue weighted by atomic mass is 35.6. The molecule has 3 atom stereocenters. The molecular formula is C12H15Cl3NO5PS. The van der Waals surface area contributed by atoms with E-state index in [0.717, 1.165) is 0 Å². The van der Waals surface area contributed by atoms with Gasteiger partial charge in [0.1, 0.15) is 0 Å². The second kappa shape index (κ2) is 6.81. The summed E-state index contributed by atoms with van der Waals surface area (Å²) in [6.07, 6.45) is -1.06. The van der Waals surface area contributed by atoms with Gasteiger partial charge < -0.3 is 9.05 Å². The molecule has 11 heteroatoms. The summed E-state index contributed by atoms with van der Waals surface area (Å²) in [4.78, 5) is -0.0638. The van der Waals surface area contributed by atoms with Crippen LogP contribution < -0.4 is 4.72 Å². The minimum Gasteiger partial charge on any atom is -0.302 e. The van der Waals surface area contributed by atoms with Crippen molar-refractivity contribution in [3.8, 4) is 0 Å². The Labute approximate surface area is 150 Å². The molecule has 23 heavy (non-hydrogen) atoms. The molecule has 0 amide bonds. The maximum absolute atomic E-state index is 12.9. The normalized spacial score (nSPS) is 26.1. The SMILES string of the molecule is C[C@H]1OP(=O)([C@@H](NS(=O)(=O)c2ccccc2)C(Cl)(Cl)Cl)O[C@@H]1C. The predicted octanol–water partition coefficient (Wildman–Crippen LogP) is 3.68. The lowest BCUT2D eigenvalue weighted by Crippen LogP contribution is -2.43. The van der Waals surface area contributed by atoms with Gasteiger partial charge in [-0.05, 0) is 26.0 Å². The first-order valence-electron chi connectivity index (χ1n) is 6.56. The average molecular weight is 423 g/mol. The summed E-state index contributed by atoms with van der Waals surface area (Å²) in [5.41, 5.74) is 0. The van der Waals surface area contributed by atoms with E-state index in [0.29, 0.717) is 0 Å². The lowest BCUT2D eigenvalue weighted by atomic mass is 10.3. The fourth-order valence-electron chi connectivity index (χ4n) is 1.91. The van der Waals surface area contributed by atoms with Gasteiger partial charge in [-0.15, -0.1) is 0 Å². The van der Waals surface area contributed by atoms with E-state index in [1.54, 1.807) is 19.9 Å². The lowest BCUT2D eigenvalue weighted by Gasteiger charge is -2.28. The van der Waals surface area contributed by atoms with E-state index in [-0.39, 0.29) is 4.90 Å². The zero-order chi connectivity index (χ0) is 17.5. The summed E-state index contributed by atoms with van der Waals surface area (Å²) in [6, 6.07) is 7.44. The summed E-state index contributed by atoms with van der Waals surface area (Å²) in [5.74, 6) is -1.68. The van der Waals surface area contributed by atoms with Crippen molar-refractivity contribution >= 4 is 52.4 Å². The molecule has 0 radical (unpaired) electrons. The second-order valence-corrected chi connectivity index (χ2v) is 11.1. The van der Waals surface area contributed by atoms with Crippen molar-refractivity contribution in [1.82, 2.24) is 4.72 Å². The van der Waals surface area contributed by atoms with Gasteiger partial charge >= 0.3 is 7.60 Å². The number of hydrogen-bond donors (Lipinski definition) is 1. The van der Waals surface area contributed by atoms with Gasteiger partial charge in [0.15, 0.2) is 5.78 Å². The van der Waals surface area contributed by atoms with Crippen LogP contribution in [0.5, 0.6) is 0 Å². The molecule has 0 unspecified atom stereocenters. The van der Waals surface area contributed by atoms with Gasteiger partial charge in [0, 0.05) is 0 Å². The molecule has 0 aromatic heterocycles. The van der Waals surface area contributed by atoms with Crippen LogP contribution in [0.3, 0.4) is 0 Å². The van der Waals surface area contributed by atoms with Crippen LogP contribution in [-0.4, -0.2) is 30.2 Å². The fraction of sp³-hybridized carbons (Fsp3) is 0.500. The van der Waals surface area contributed by atoms with E-state index in [9.17, 15) is 13.0 Å². The molecule has 1 heterocycles. The van der Waals surface area contributed by atoms with Crippen molar-refractivity contribution < 1.29 is 22.0 Å². The van der Waals surface area contributed by atoms with Gasteiger partial charge in [0.05, 0.1) is 17.1 Å². The summed E-state index contributed by atoms with van der Waals surface area (Å²) in [6.45, 7) is 3.26. The molecule has 0 spiro atoms. The molecule has 6 nitrogen and oxygen atoms in total. The Kier molecular flexibility index (Phi) is 5.76. The number of alkyl halides is 3. The number of nitrogens with one attached hydrogen (secondary N) is 1. The highest BCUT2D eigenvalue weighted by Gasteiger charge is 2.55. The molecule has 1 aliphatic heterocycles. The molecule has 1 saturated heterocycles. The quantitative estimate of drug-likeness (QED) is 0.591. The average Bonchev–Trinajstić information content (AvgIpc) is 2.70. The Morgan fingerprint density at radius 2 is 1.61 bits per heavy atom. The summed E-state index contributed by atoms with van der Waals surface area (Å²) in [7, 11) is -8.11. The van der Waals surface area contributed by atoms with Crippen LogP contribution in [0.1, 0.15) is 13.8 Å². The Morgan fingerprint density at radius 1 is 1.13 bits per heavy atom. The van der Waals surface area contributed by atoms with Gasteiger partial charge in [-0.25, -0.2) is 8.42 Å². The molecule has 1 aromatic carbocycles. The van der Waals surface area contributed by atoms with Crippen molar-refractivity contribution in [3.63, 3.8) is 0 Å². The van der Waals surface area contributed by atoms with Crippen LogP contribution in [0.2, 0.25) is 0 Å². The summed E-state index contributed by atoms with van der Waals surface area (Å²) in [5, 5.41) is 0. The number of benzene rings is 1. The Hall–Kier alpha value is 0.150. The van der Waals surface area contributed by atoms with Crippen LogP contribution >= 0.6 is 42.4 Å². The van der Waals surface area contributed by atoms with E-state index in [2.05, 4.69) is 4.72 Å². The second-order valence-electron chi connectivity index (χ2n) is 5.04. The highest BCUT2D eigenvalue weighted by molar-refractivity contribution is 7.89. The number of hydrogen-bond acceptors (Lipinski definition) is 5. The third-order valence-electron chi connectivity index (χ3n) is 3.23. The maximum Gasteiger partial charge on any atom is 0.353 e. The molecule has 1 aliphatic rings. The monoisotopic (exact) mass is 421 g/mol. The fourth-order valence-corrected chi connectivity index (χ4v) is 7.32. The Morgan fingerprint density at radius 3 is 2.04 bits per heavy atom.